The standard InChI is InChI=1S/C2H3N.CH3NO2/c1-2-3;2-1(3)4/h3H,1H2;2H2,(H,3,4). The minimum Gasteiger partial charge on any atom is -0.465 e. The molecule has 0 bridgehead atoms. The van der Waals surface area contributed by atoms with Crippen LogP contribution in [0.3, 0.4) is 0 Å². The lowest BCUT2D eigenvalue weighted by molar-refractivity contribution is 0.205. The zero-order chi connectivity index (χ0) is 6.28. The largest absolute Gasteiger partial charge is 0.465 e. The Balaban J connectivity index is 0. The second-order valence-electron chi connectivity index (χ2n) is 0.515. The van der Waals surface area contributed by atoms with Crippen LogP contribution in [0.15, 0.2) is 6.58 Å². The van der Waals surface area contributed by atoms with Crippen molar-refractivity contribution < 1.29 is 9.90 Å². The summed E-state index contributed by atoms with van der Waals surface area (Å²) in [5, 5.41) is 13.0. The predicted molar refractivity (Wildman–Crippen MR) is 25.6 cm³/mol. The Hall–Kier alpha value is -1.28. The first-order valence-corrected chi connectivity index (χ1v) is 1.32. The van der Waals surface area contributed by atoms with Gasteiger partial charge >= 0.3 is 6.09 Å². The minimum atomic E-state index is -1.33. The number of carbonyl (C=O) groups is 1. The van der Waals surface area contributed by atoms with E-state index in [0.717, 1.165) is 0 Å². The van der Waals surface area contributed by atoms with Crippen molar-refractivity contribution in [3.05, 3.63) is 6.58 Å². The summed E-state index contributed by atoms with van der Waals surface area (Å²) >= 11 is 0. The van der Waals surface area contributed by atoms with E-state index in [-0.39, 0.29) is 0 Å². The minimum absolute atomic E-state index is 1.33. The first-order chi connectivity index (χ1) is 3.15. The normalized spacial score (nSPS) is 4.57. The summed E-state index contributed by atoms with van der Waals surface area (Å²) < 4.78 is 0. The topological polar surface area (TPSA) is 87.2 Å². The highest BCUT2D eigenvalue weighted by atomic mass is 16.4. The Morgan fingerprint density at radius 1 is 2.00 bits per heavy atom. The number of amides is 1. The molecule has 0 fully saturated rings. The average Bonchev–Trinajstić information content (AvgIpc) is 1.33. The number of nitrogens with two attached hydrogens (primary N) is 1. The highest BCUT2D eigenvalue weighted by Crippen LogP contribution is 1.34. The van der Waals surface area contributed by atoms with Crippen molar-refractivity contribution in [3.8, 4) is 0 Å². The predicted octanol–water partition coefficient (Wildman–Crippen LogP) is 0.0440. The van der Waals surface area contributed by atoms with Gasteiger partial charge in [0, 0.05) is 0 Å². The van der Waals surface area contributed by atoms with Crippen LogP contribution in [0, 0.1) is 5.41 Å². The molecule has 0 atom stereocenters. The van der Waals surface area contributed by atoms with E-state index in [1.165, 1.54) is 0 Å². The molecule has 0 aliphatic heterocycles. The van der Waals surface area contributed by atoms with Gasteiger partial charge in [-0.1, -0.05) is 0 Å². The third kappa shape index (κ3) is 21.3. The lowest BCUT2D eigenvalue weighted by Gasteiger charge is -1.61. The second-order valence-corrected chi connectivity index (χ2v) is 0.515. The molecular formula is C3H6N2O2. The zero-order valence-corrected chi connectivity index (χ0v) is 3.64. The molecule has 0 spiro atoms. The van der Waals surface area contributed by atoms with Gasteiger partial charge in [-0.2, -0.15) is 0 Å². The Bertz CT molecular complexity index is 78.9. The van der Waals surface area contributed by atoms with Gasteiger partial charge in [-0.15, -0.1) is 0 Å². The Morgan fingerprint density at radius 2 is 2.00 bits per heavy atom. The second kappa shape index (κ2) is 8.83. The molecule has 1 amide bonds. The number of primary amides is 1. The molecule has 40 valence electrons. The molecule has 0 aromatic rings. The maximum atomic E-state index is 8.78. The first-order valence-electron chi connectivity index (χ1n) is 1.32. The Morgan fingerprint density at radius 3 is 2.00 bits per heavy atom. The van der Waals surface area contributed by atoms with Gasteiger partial charge in [0.15, 0.2) is 0 Å². The quantitative estimate of drug-likeness (QED) is 0.377. The SMILES string of the molecule is C=C=N.NC(=O)O. The lowest BCUT2D eigenvalue weighted by atomic mass is 11.2. The van der Waals surface area contributed by atoms with Gasteiger partial charge in [-0.25, -0.2) is 4.79 Å². The molecule has 0 saturated heterocycles. The summed E-state index contributed by atoms with van der Waals surface area (Å²) in [7, 11) is 0. The molecular weight excluding hydrogens is 96.0 g/mol. The summed E-state index contributed by atoms with van der Waals surface area (Å²) in [6.07, 6.45) is -1.33. The molecule has 0 aliphatic carbocycles. The van der Waals surface area contributed by atoms with Gasteiger partial charge < -0.3 is 10.8 Å². The molecule has 0 heterocycles. The van der Waals surface area contributed by atoms with Gasteiger partial charge in [-0.05, 0) is 12.4 Å². The van der Waals surface area contributed by atoms with Crippen molar-refractivity contribution in [2.45, 2.75) is 0 Å². The van der Waals surface area contributed by atoms with E-state index in [4.69, 9.17) is 15.3 Å². The number of carboxylic acid groups (broad SMARTS) is 1. The van der Waals surface area contributed by atoms with E-state index >= 15 is 0 Å². The van der Waals surface area contributed by atoms with Crippen LogP contribution in [0.4, 0.5) is 4.79 Å². The maximum Gasteiger partial charge on any atom is 0.402 e. The fourth-order valence-electron chi connectivity index (χ4n) is 0. The van der Waals surface area contributed by atoms with E-state index < -0.39 is 6.09 Å². The van der Waals surface area contributed by atoms with Gasteiger partial charge in [-0.3, -0.25) is 5.41 Å². The Labute approximate surface area is 40.8 Å². The van der Waals surface area contributed by atoms with E-state index in [1.807, 2.05) is 0 Å². The summed E-state index contributed by atoms with van der Waals surface area (Å²) in [4.78, 5) is 8.78. The van der Waals surface area contributed by atoms with Crippen LogP contribution in [0.1, 0.15) is 0 Å². The van der Waals surface area contributed by atoms with Crippen molar-refractivity contribution in [2.75, 3.05) is 0 Å². The van der Waals surface area contributed by atoms with Crippen LogP contribution in [0.25, 0.3) is 0 Å². The van der Waals surface area contributed by atoms with Crippen LogP contribution in [-0.4, -0.2) is 17.1 Å². The number of hydrogen-bond acceptors (Lipinski definition) is 2. The molecule has 0 aliphatic rings. The lowest BCUT2D eigenvalue weighted by Crippen LogP contribution is -2.03. The van der Waals surface area contributed by atoms with Crippen LogP contribution in [0.2, 0.25) is 0 Å². The van der Waals surface area contributed by atoms with E-state index in [9.17, 15) is 0 Å². The van der Waals surface area contributed by atoms with Gasteiger partial charge in [0.05, 0.1) is 0 Å². The summed E-state index contributed by atoms with van der Waals surface area (Å²) in [6, 6.07) is 0. The molecule has 0 unspecified atom stereocenters. The van der Waals surface area contributed by atoms with E-state index in [1.54, 1.807) is 5.87 Å². The fraction of sp³-hybridized carbons (Fsp3) is 0. The van der Waals surface area contributed by atoms with Crippen molar-refractivity contribution in [1.82, 2.24) is 0 Å². The summed E-state index contributed by atoms with van der Waals surface area (Å²) in [5.41, 5.74) is 4.03. The molecule has 0 radical (unpaired) electrons. The number of hydrogen-bond donors (Lipinski definition) is 3. The smallest absolute Gasteiger partial charge is 0.402 e. The van der Waals surface area contributed by atoms with Gasteiger partial charge in [0.2, 0.25) is 0 Å². The summed E-state index contributed by atoms with van der Waals surface area (Å²) in [5.74, 6) is 1.75. The third-order valence-electron chi connectivity index (χ3n) is 0. The number of nitrogens with one attached hydrogen (secondary N) is 1. The van der Waals surface area contributed by atoms with Crippen LogP contribution in [-0.2, 0) is 0 Å². The van der Waals surface area contributed by atoms with Crippen LogP contribution in [0.5, 0.6) is 0 Å². The highest BCUT2D eigenvalue weighted by molar-refractivity contribution is 5.61. The fourth-order valence-corrected chi connectivity index (χ4v) is 0. The zero-order valence-electron chi connectivity index (χ0n) is 3.64. The molecule has 4 N–H and O–H groups in total. The summed E-state index contributed by atoms with van der Waals surface area (Å²) in [6.45, 7) is 2.90. The highest BCUT2D eigenvalue weighted by Gasteiger charge is 1.65. The van der Waals surface area contributed by atoms with Gasteiger partial charge in [0.25, 0.3) is 0 Å². The van der Waals surface area contributed by atoms with E-state index in [0.29, 0.717) is 0 Å². The first kappa shape index (κ1) is 9.21. The molecule has 0 aromatic carbocycles. The number of rotatable bonds is 0. The molecule has 0 aromatic heterocycles. The van der Waals surface area contributed by atoms with Crippen molar-refractivity contribution in [2.24, 2.45) is 5.73 Å². The average molecular weight is 102 g/mol. The maximum absolute atomic E-state index is 8.78. The third-order valence-corrected chi connectivity index (χ3v) is 0. The van der Waals surface area contributed by atoms with Gasteiger partial charge in [0.1, 0.15) is 0 Å². The Kier molecular flexibility index (Phi) is 11.6. The van der Waals surface area contributed by atoms with Crippen LogP contribution >= 0.6 is 0 Å². The molecule has 4 heteroatoms. The molecule has 0 saturated carbocycles. The molecule has 7 heavy (non-hydrogen) atoms. The molecule has 4 nitrogen and oxygen atoms in total. The monoisotopic (exact) mass is 102 g/mol. The van der Waals surface area contributed by atoms with E-state index in [2.05, 4.69) is 12.3 Å². The molecule has 0 rings (SSSR count). The van der Waals surface area contributed by atoms with Crippen molar-refractivity contribution in [3.63, 3.8) is 0 Å². The van der Waals surface area contributed by atoms with Crippen molar-refractivity contribution in [1.29, 1.82) is 5.41 Å². The van der Waals surface area contributed by atoms with Crippen molar-refractivity contribution >= 4 is 12.0 Å². The van der Waals surface area contributed by atoms with Crippen LogP contribution < -0.4 is 5.73 Å².